The Morgan fingerprint density at radius 3 is 3.08 bits per heavy atom. The molecule has 2 aromatic rings. The molecule has 4 nitrogen and oxygen atoms in total. The van der Waals surface area contributed by atoms with E-state index in [0.717, 1.165) is 16.9 Å². The number of nitrogens with zero attached hydrogens (tertiary/aromatic N) is 3. The number of anilines is 1. The number of fused-ring (bicyclic) bond motifs is 1. The van der Waals surface area contributed by atoms with Crippen molar-refractivity contribution in [2.45, 2.75) is 6.92 Å². The fourth-order valence-electron chi connectivity index (χ4n) is 1.23. The lowest BCUT2D eigenvalue weighted by molar-refractivity contribution is 0.957. The van der Waals surface area contributed by atoms with Crippen LogP contribution in [-0.2, 0) is 0 Å². The predicted molar refractivity (Wildman–Crippen MR) is 47.3 cm³/mol. The Morgan fingerprint density at radius 2 is 2.33 bits per heavy atom. The van der Waals surface area contributed by atoms with Crippen molar-refractivity contribution in [3.05, 3.63) is 24.2 Å². The average molecular weight is 162 g/mol. The zero-order valence-corrected chi connectivity index (χ0v) is 7.07. The van der Waals surface area contributed by atoms with Gasteiger partial charge in [-0.1, -0.05) is 0 Å². The number of hydrogen-bond donors (Lipinski definition) is 1. The number of aryl methyl sites for hydroxylation is 1. The van der Waals surface area contributed by atoms with Crippen molar-refractivity contribution < 1.29 is 0 Å². The lowest BCUT2D eigenvalue weighted by atomic mass is 10.3. The van der Waals surface area contributed by atoms with E-state index in [0.29, 0.717) is 0 Å². The Balaban J connectivity index is 2.75. The quantitative estimate of drug-likeness (QED) is 0.682. The van der Waals surface area contributed by atoms with Gasteiger partial charge < -0.3 is 5.32 Å². The summed E-state index contributed by atoms with van der Waals surface area (Å²) in [7, 11) is 1.89. The maximum absolute atomic E-state index is 4.12. The molecule has 0 aliphatic rings. The summed E-state index contributed by atoms with van der Waals surface area (Å²) in [4.78, 5) is 4.12. The molecule has 62 valence electrons. The molecule has 4 heteroatoms. The van der Waals surface area contributed by atoms with Gasteiger partial charge in [0.25, 0.3) is 0 Å². The molecule has 0 bridgehead atoms. The van der Waals surface area contributed by atoms with Crippen LogP contribution in [0, 0.1) is 6.92 Å². The lowest BCUT2D eigenvalue weighted by Gasteiger charge is -2.02. The van der Waals surface area contributed by atoms with Crippen molar-refractivity contribution in [1.82, 2.24) is 14.6 Å². The first-order chi connectivity index (χ1) is 5.81. The van der Waals surface area contributed by atoms with Gasteiger partial charge in [0.15, 0.2) is 5.65 Å². The normalized spacial score (nSPS) is 10.5. The van der Waals surface area contributed by atoms with E-state index in [1.807, 2.05) is 26.2 Å². The topological polar surface area (TPSA) is 42.2 Å². The number of hydrogen-bond acceptors (Lipinski definition) is 3. The SMILES string of the molecule is CNc1cc(C)c2ncnn2c1. The molecular weight excluding hydrogens is 152 g/mol. The van der Waals surface area contributed by atoms with Crippen LogP contribution < -0.4 is 5.32 Å². The maximum atomic E-state index is 4.12. The van der Waals surface area contributed by atoms with Gasteiger partial charge in [-0.15, -0.1) is 0 Å². The van der Waals surface area contributed by atoms with E-state index < -0.39 is 0 Å². The number of pyridine rings is 1. The molecule has 2 aromatic heterocycles. The molecule has 0 aromatic carbocycles. The lowest BCUT2D eigenvalue weighted by Crippen LogP contribution is -1.95. The second-order valence-electron chi connectivity index (χ2n) is 2.69. The van der Waals surface area contributed by atoms with E-state index in [1.165, 1.54) is 0 Å². The van der Waals surface area contributed by atoms with Gasteiger partial charge in [0.2, 0.25) is 0 Å². The highest BCUT2D eigenvalue weighted by atomic mass is 15.3. The molecule has 0 spiro atoms. The van der Waals surface area contributed by atoms with Gasteiger partial charge in [-0.3, -0.25) is 0 Å². The maximum Gasteiger partial charge on any atom is 0.158 e. The standard InChI is InChI=1S/C8H10N4/c1-6-3-7(9-2)4-12-8(6)10-5-11-12/h3-5,9H,1-2H3. The molecule has 0 unspecified atom stereocenters. The Morgan fingerprint density at radius 1 is 1.50 bits per heavy atom. The highest BCUT2D eigenvalue weighted by molar-refractivity contribution is 5.54. The number of aromatic nitrogens is 3. The Bertz CT molecular complexity index is 404. The van der Waals surface area contributed by atoms with Crippen LogP contribution in [0.1, 0.15) is 5.56 Å². The molecule has 0 fully saturated rings. The molecular formula is C8H10N4. The first-order valence-electron chi connectivity index (χ1n) is 3.79. The van der Waals surface area contributed by atoms with Crippen molar-refractivity contribution in [1.29, 1.82) is 0 Å². The summed E-state index contributed by atoms with van der Waals surface area (Å²) >= 11 is 0. The number of rotatable bonds is 1. The van der Waals surface area contributed by atoms with Crippen molar-refractivity contribution in [3.63, 3.8) is 0 Å². The van der Waals surface area contributed by atoms with Crippen LogP contribution in [0.4, 0.5) is 5.69 Å². The van der Waals surface area contributed by atoms with Gasteiger partial charge in [0.1, 0.15) is 6.33 Å². The molecule has 0 saturated carbocycles. The molecule has 0 amide bonds. The third kappa shape index (κ3) is 0.922. The van der Waals surface area contributed by atoms with E-state index >= 15 is 0 Å². The highest BCUT2D eigenvalue weighted by Crippen LogP contribution is 2.12. The zero-order chi connectivity index (χ0) is 8.55. The second kappa shape index (κ2) is 2.48. The van der Waals surface area contributed by atoms with Crippen LogP contribution in [0.25, 0.3) is 5.65 Å². The third-order valence-corrected chi connectivity index (χ3v) is 1.85. The summed E-state index contributed by atoms with van der Waals surface area (Å²) in [5.41, 5.74) is 3.08. The van der Waals surface area contributed by atoms with Crippen LogP contribution >= 0.6 is 0 Å². The van der Waals surface area contributed by atoms with Crippen molar-refractivity contribution in [3.8, 4) is 0 Å². The third-order valence-electron chi connectivity index (χ3n) is 1.85. The molecule has 0 aliphatic heterocycles. The molecule has 2 rings (SSSR count). The molecule has 0 radical (unpaired) electrons. The molecule has 12 heavy (non-hydrogen) atoms. The van der Waals surface area contributed by atoms with Gasteiger partial charge in [-0.2, -0.15) is 5.10 Å². The molecule has 0 atom stereocenters. The smallest absolute Gasteiger partial charge is 0.158 e. The summed E-state index contributed by atoms with van der Waals surface area (Å²) in [6.45, 7) is 2.02. The van der Waals surface area contributed by atoms with Crippen molar-refractivity contribution in [2.75, 3.05) is 12.4 Å². The summed E-state index contributed by atoms with van der Waals surface area (Å²) in [6, 6.07) is 2.05. The minimum Gasteiger partial charge on any atom is -0.387 e. The van der Waals surface area contributed by atoms with E-state index in [1.54, 1.807) is 10.8 Å². The van der Waals surface area contributed by atoms with Gasteiger partial charge in [0, 0.05) is 7.05 Å². The minimum atomic E-state index is 0.911. The monoisotopic (exact) mass is 162 g/mol. The fourth-order valence-corrected chi connectivity index (χ4v) is 1.23. The molecule has 2 heterocycles. The second-order valence-corrected chi connectivity index (χ2v) is 2.69. The average Bonchev–Trinajstić information content (AvgIpc) is 2.52. The minimum absolute atomic E-state index is 0.911. The molecule has 0 aliphatic carbocycles. The van der Waals surface area contributed by atoms with E-state index in [4.69, 9.17) is 0 Å². The van der Waals surface area contributed by atoms with E-state index in [2.05, 4.69) is 15.4 Å². The van der Waals surface area contributed by atoms with Crippen LogP contribution in [0.5, 0.6) is 0 Å². The van der Waals surface area contributed by atoms with E-state index in [9.17, 15) is 0 Å². The van der Waals surface area contributed by atoms with Gasteiger partial charge in [0.05, 0.1) is 11.9 Å². The van der Waals surface area contributed by atoms with Gasteiger partial charge in [-0.25, -0.2) is 9.50 Å². The first-order valence-corrected chi connectivity index (χ1v) is 3.79. The van der Waals surface area contributed by atoms with Crippen LogP contribution in [0.2, 0.25) is 0 Å². The highest BCUT2D eigenvalue weighted by Gasteiger charge is 2.00. The van der Waals surface area contributed by atoms with Crippen molar-refractivity contribution in [2.24, 2.45) is 0 Å². The molecule has 0 saturated heterocycles. The van der Waals surface area contributed by atoms with Gasteiger partial charge >= 0.3 is 0 Å². The summed E-state index contributed by atoms with van der Waals surface area (Å²) in [5, 5.41) is 7.11. The summed E-state index contributed by atoms with van der Waals surface area (Å²) < 4.78 is 1.77. The molecule has 1 N–H and O–H groups in total. The van der Waals surface area contributed by atoms with Crippen LogP contribution in [-0.4, -0.2) is 21.6 Å². The van der Waals surface area contributed by atoms with Crippen LogP contribution in [0.15, 0.2) is 18.6 Å². The van der Waals surface area contributed by atoms with Crippen molar-refractivity contribution >= 4 is 11.3 Å². The fraction of sp³-hybridized carbons (Fsp3) is 0.250. The number of nitrogens with one attached hydrogen (secondary N) is 1. The first kappa shape index (κ1) is 7.09. The Labute approximate surface area is 70.2 Å². The van der Waals surface area contributed by atoms with Crippen LogP contribution in [0.3, 0.4) is 0 Å². The van der Waals surface area contributed by atoms with Gasteiger partial charge in [-0.05, 0) is 18.6 Å². The Kier molecular flexibility index (Phi) is 1.46. The Hall–Kier alpha value is -1.58. The summed E-state index contributed by atoms with van der Waals surface area (Å²) in [6.07, 6.45) is 3.47. The summed E-state index contributed by atoms with van der Waals surface area (Å²) in [5.74, 6) is 0. The largest absolute Gasteiger partial charge is 0.387 e. The zero-order valence-electron chi connectivity index (χ0n) is 7.07. The van der Waals surface area contributed by atoms with E-state index in [-0.39, 0.29) is 0 Å². The predicted octanol–water partition coefficient (Wildman–Crippen LogP) is 1.08.